The summed E-state index contributed by atoms with van der Waals surface area (Å²) in [6.45, 7) is 10.9. The second-order valence-electron chi connectivity index (χ2n) is 6.80. The van der Waals surface area contributed by atoms with Gasteiger partial charge in [-0.15, -0.1) is 0 Å². The maximum atomic E-state index is 11.7. The van der Waals surface area contributed by atoms with Crippen molar-refractivity contribution >= 4 is 17.7 Å². The van der Waals surface area contributed by atoms with Crippen molar-refractivity contribution < 1.29 is 19.4 Å². The molecule has 0 aliphatic heterocycles. The standard InChI is InChI=1S/C15H22N2O4/c1-14(2,3)11-10(12(18)19)7-9(8-16-11)17-13(20)21-15(4,5)6/h7-8H,1-6H3,(H,17,20)(H,18,19). The summed E-state index contributed by atoms with van der Waals surface area (Å²) in [4.78, 5) is 27.2. The van der Waals surface area contributed by atoms with E-state index in [1.165, 1.54) is 12.3 Å². The molecule has 0 aliphatic carbocycles. The van der Waals surface area contributed by atoms with Crippen molar-refractivity contribution in [2.24, 2.45) is 0 Å². The van der Waals surface area contributed by atoms with Gasteiger partial charge in [0.25, 0.3) is 0 Å². The fourth-order valence-electron chi connectivity index (χ4n) is 1.72. The number of aromatic carboxylic acids is 1. The van der Waals surface area contributed by atoms with E-state index in [1.54, 1.807) is 20.8 Å². The van der Waals surface area contributed by atoms with Gasteiger partial charge in [0.05, 0.1) is 23.1 Å². The maximum Gasteiger partial charge on any atom is 0.412 e. The molecule has 1 heterocycles. The van der Waals surface area contributed by atoms with E-state index in [0.29, 0.717) is 5.69 Å². The smallest absolute Gasteiger partial charge is 0.412 e. The molecule has 0 radical (unpaired) electrons. The molecule has 6 nitrogen and oxygen atoms in total. The van der Waals surface area contributed by atoms with Crippen LogP contribution in [-0.4, -0.2) is 27.8 Å². The normalized spacial score (nSPS) is 11.9. The van der Waals surface area contributed by atoms with Crippen molar-refractivity contribution in [1.29, 1.82) is 0 Å². The largest absolute Gasteiger partial charge is 0.478 e. The number of aromatic nitrogens is 1. The molecule has 116 valence electrons. The van der Waals surface area contributed by atoms with Gasteiger partial charge in [0, 0.05) is 5.41 Å². The first-order valence-corrected chi connectivity index (χ1v) is 6.64. The van der Waals surface area contributed by atoms with Crippen LogP contribution >= 0.6 is 0 Å². The number of pyridine rings is 1. The molecule has 21 heavy (non-hydrogen) atoms. The highest BCUT2D eigenvalue weighted by Crippen LogP contribution is 2.26. The van der Waals surface area contributed by atoms with Gasteiger partial charge in [-0.1, -0.05) is 20.8 Å². The van der Waals surface area contributed by atoms with E-state index in [0.717, 1.165) is 0 Å². The molecule has 2 N–H and O–H groups in total. The molecule has 1 aromatic heterocycles. The molecule has 6 heteroatoms. The Hall–Kier alpha value is -2.11. The quantitative estimate of drug-likeness (QED) is 0.872. The first-order chi connectivity index (χ1) is 9.40. The number of rotatable bonds is 2. The van der Waals surface area contributed by atoms with Gasteiger partial charge in [-0.25, -0.2) is 9.59 Å². The van der Waals surface area contributed by atoms with Crippen molar-refractivity contribution in [3.05, 3.63) is 23.5 Å². The van der Waals surface area contributed by atoms with Gasteiger partial charge < -0.3 is 9.84 Å². The number of amides is 1. The van der Waals surface area contributed by atoms with E-state index < -0.39 is 23.1 Å². The third-order valence-electron chi connectivity index (χ3n) is 2.47. The topological polar surface area (TPSA) is 88.5 Å². The number of carboxylic acid groups (broad SMARTS) is 1. The van der Waals surface area contributed by atoms with Gasteiger partial charge >= 0.3 is 12.1 Å². The summed E-state index contributed by atoms with van der Waals surface area (Å²) in [7, 11) is 0. The van der Waals surface area contributed by atoms with Crippen LogP contribution in [0.5, 0.6) is 0 Å². The summed E-state index contributed by atoms with van der Waals surface area (Å²) in [5, 5.41) is 11.8. The fourth-order valence-corrected chi connectivity index (χ4v) is 1.72. The summed E-state index contributed by atoms with van der Waals surface area (Å²) in [6, 6.07) is 1.39. The Morgan fingerprint density at radius 1 is 1.19 bits per heavy atom. The molecule has 0 saturated carbocycles. The number of carbonyl (C=O) groups is 2. The number of hydrogen-bond acceptors (Lipinski definition) is 4. The molecule has 1 amide bonds. The van der Waals surface area contributed by atoms with E-state index in [-0.39, 0.29) is 11.3 Å². The van der Waals surface area contributed by atoms with Crippen LogP contribution in [0.4, 0.5) is 10.5 Å². The lowest BCUT2D eigenvalue weighted by Gasteiger charge is -2.22. The molecule has 0 saturated heterocycles. The lowest BCUT2D eigenvalue weighted by atomic mass is 9.88. The van der Waals surface area contributed by atoms with Crippen molar-refractivity contribution in [3.63, 3.8) is 0 Å². The summed E-state index contributed by atoms with van der Waals surface area (Å²) in [6.07, 6.45) is 0.779. The minimum Gasteiger partial charge on any atom is -0.478 e. The van der Waals surface area contributed by atoms with Crippen molar-refractivity contribution in [2.45, 2.75) is 52.6 Å². The van der Waals surface area contributed by atoms with Crippen LogP contribution in [0.2, 0.25) is 0 Å². The minimum atomic E-state index is -1.08. The molecule has 0 aliphatic rings. The van der Waals surface area contributed by atoms with E-state index in [1.807, 2.05) is 20.8 Å². The molecule has 0 fully saturated rings. The predicted molar refractivity (Wildman–Crippen MR) is 79.8 cm³/mol. The van der Waals surface area contributed by atoms with Gasteiger partial charge in [-0.05, 0) is 26.8 Å². The first kappa shape index (κ1) is 16.9. The van der Waals surface area contributed by atoms with Crippen LogP contribution < -0.4 is 5.32 Å². The molecule has 1 aromatic rings. The Bertz CT molecular complexity index is 554. The maximum absolute atomic E-state index is 11.7. The Kier molecular flexibility index (Phi) is 4.61. The number of carboxylic acids is 1. The van der Waals surface area contributed by atoms with Gasteiger partial charge in [-0.2, -0.15) is 0 Å². The first-order valence-electron chi connectivity index (χ1n) is 6.64. The Morgan fingerprint density at radius 2 is 1.76 bits per heavy atom. The third-order valence-corrected chi connectivity index (χ3v) is 2.47. The Balaban J connectivity index is 3.05. The van der Waals surface area contributed by atoms with Gasteiger partial charge in [0.1, 0.15) is 5.60 Å². The predicted octanol–water partition coefficient (Wildman–Crippen LogP) is 3.42. The minimum absolute atomic E-state index is 0.0658. The summed E-state index contributed by atoms with van der Waals surface area (Å²) < 4.78 is 5.11. The van der Waals surface area contributed by atoms with Crippen LogP contribution in [0, 0.1) is 0 Å². The third kappa shape index (κ3) is 5.06. The number of anilines is 1. The van der Waals surface area contributed by atoms with Crippen LogP contribution in [0.3, 0.4) is 0 Å². The summed E-state index contributed by atoms with van der Waals surface area (Å²) in [5.74, 6) is -1.08. The highest BCUT2D eigenvalue weighted by atomic mass is 16.6. The SMILES string of the molecule is CC(C)(C)OC(=O)Nc1cnc(C(C)(C)C)c(C(=O)O)c1. The average molecular weight is 294 g/mol. The van der Waals surface area contributed by atoms with Crippen molar-refractivity contribution in [1.82, 2.24) is 4.98 Å². The van der Waals surface area contributed by atoms with Gasteiger partial charge in [0.15, 0.2) is 0 Å². The van der Waals surface area contributed by atoms with Crippen LogP contribution in [0.15, 0.2) is 12.3 Å². The fraction of sp³-hybridized carbons (Fsp3) is 0.533. The molecule has 0 unspecified atom stereocenters. The van der Waals surface area contributed by atoms with Crippen molar-refractivity contribution in [3.8, 4) is 0 Å². The monoisotopic (exact) mass is 294 g/mol. The lowest BCUT2D eigenvalue weighted by Crippen LogP contribution is -2.27. The van der Waals surface area contributed by atoms with E-state index in [2.05, 4.69) is 10.3 Å². The average Bonchev–Trinajstić information content (AvgIpc) is 2.24. The van der Waals surface area contributed by atoms with Crippen LogP contribution in [0.1, 0.15) is 57.6 Å². The second-order valence-corrected chi connectivity index (χ2v) is 6.80. The Morgan fingerprint density at radius 3 is 2.19 bits per heavy atom. The zero-order chi connectivity index (χ0) is 16.4. The Labute approximate surface area is 124 Å². The zero-order valence-electron chi connectivity index (χ0n) is 13.3. The number of nitrogens with one attached hydrogen (secondary N) is 1. The van der Waals surface area contributed by atoms with Crippen molar-refractivity contribution in [2.75, 3.05) is 5.32 Å². The summed E-state index contributed by atoms with van der Waals surface area (Å²) in [5.41, 5.74) is -0.216. The van der Waals surface area contributed by atoms with E-state index in [9.17, 15) is 14.7 Å². The molecule has 0 aromatic carbocycles. The van der Waals surface area contributed by atoms with E-state index in [4.69, 9.17) is 4.74 Å². The van der Waals surface area contributed by atoms with Gasteiger partial charge in [0.2, 0.25) is 0 Å². The molecule has 0 atom stereocenters. The molecular weight excluding hydrogens is 272 g/mol. The van der Waals surface area contributed by atoms with Crippen LogP contribution in [-0.2, 0) is 10.2 Å². The molecular formula is C15H22N2O4. The molecule has 0 spiro atoms. The highest BCUT2D eigenvalue weighted by molar-refractivity contribution is 5.92. The number of nitrogens with zero attached hydrogens (tertiary/aromatic N) is 1. The summed E-state index contributed by atoms with van der Waals surface area (Å²) >= 11 is 0. The molecule has 0 bridgehead atoms. The number of ether oxygens (including phenoxy) is 1. The van der Waals surface area contributed by atoms with Crippen LogP contribution in [0.25, 0.3) is 0 Å². The second kappa shape index (κ2) is 5.71. The lowest BCUT2D eigenvalue weighted by molar-refractivity contribution is 0.0632. The molecule has 1 rings (SSSR count). The van der Waals surface area contributed by atoms with Gasteiger partial charge in [-0.3, -0.25) is 10.3 Å². The number of hydrogen-bond donors (Lipinski definition) is 2. The zero-order valence-corrected chi connectivity index (χ0v) is 13.3. The highest BCUT2D eigenvalue weighted by Gasteiger charge is 2.24. The number of carbonyl (C=O) groups excluding carboxylic acids is 1. The van der Waals surface area contributed by atoms with E-state index >= 15 is 0 Å².